The van der Waals surface area contributed by atoms with Crippen LogP contribution in [0.3, 0.4) is 0 Å². The van der Waals surface area contributed by atoms with Gasteiger partial charge in [-0.2, -0.15) is 0 Å². The zero-order valence-corrected chi connectivity index (χ0v) is 17.5. The van der Waals surface area contributed by atoms with Crippen molar-refractivity contribution in [2.45, 2.75) is 58.3 Å². The Morgan fingerprint density at radius 1 is 0.545 bits per heavy atom. The minimum absolute atomic E-state index is 0.467. The molecular weight excluding hydrogens is 321 g/mol. The van der Waals surface area contributed by atoms with E-state index in [-0.39, 0.29) is 0 Å². The van der Waals surface area contributed by atoms with Crippen LogP contribution in [0, 0.1) is 0 Å². The zero-order chi connectivity index (χ0) is 17.4. The second-order valence-corrected chi connectivity index (χ2v) is 9.23. The van der Waals surface area contributed by atoms with E-state index in [1.807, 2.05) is 41.5 Å². The fourth-order valence-electron chi connectivity index (χ4n) is 2.00. The summed E-state index contributed by atoms with van der Waals surface area (Å²) in [4.78, 5) is 0. The van der Waals surface area contributed by atoms with Gasteiger partial charge in [0.25, 0.3) is 0 Å². The maximum atomic E-state index is 6.15. The Morgan fingerprint density at radius 3 is 0.955 bits per heavy atom. The summed E-state index contributed by atoms with van der Waals surface area (Å²) in [6.45, 7) is 13.2. The van der Waals surface area contributed by atoms with Gasteiger partial charge in [0.15, 0.2) is 0 Å². The second kappa shape index (κ2) is 9.81. The predicted molar refractivity (Wildman–Crippen MR) is 81.1 cm³/mol. The van der Waals surface area contributed by atoms with E-state index in [2.05, 4.69) is 0 Å². The van der Waals surface area contributed by atoms with Crippen LogP contribution in [0.15, 0.2) is 0 Å². The number of hydrogen-bond acceptors (Lipinski definition) is 6. The first kappa shape index (κ1) is 22.6. The summed E-state index contributed by atoms with van der Waals surface area (Å²) < 4.78 is 34.1. The van der Waals surface area contributed by atoms with E-state index >= 15 is 0 Å². The quantitative estimate of drug-likeness (QED) is 0.537. The van der Waals surface area contributed by atoms with Crippen molar-refractivity contribution in [1.29, 1.82) is 0 Å². The molecule has 0 aromatic heterocycles. The Balaban J connectivity index is 4.98. The maximum absolute atomic E-state index is 6.15. The number of methoxy groups -OCH3 is 3. The molecule has 0 radical (unpaired) electrons. The van der Waals surface area contributed by atoms with E-state index < -0.39 is 39.5 Å². The molecule has 0 aliphatic heterocycles. The van der Waals surface area contributed by atoms with Crippen LogP contribution in [0.1, 0.15) is 41.5 Å². The van der Waals surface area contributed by atoms with Gasteiger partial charge in [0, 0.05) is 0 Å². The Hall–Kier alpha value is 0.630. The summed E-state index contributed by atoms with van der Waals surface area (Å²) in [7, 11) is 4.95. The molecule has 0 atom stereocenters. The van der Waals surface area contributed by atoms with Crippen LogP contribution in [0.5, 0.6) is 0 Å². The van der Waals surface area contributed by atoms with E-state index in [1.165, 1.54) is 0 Å². The van der Waals surface area contributed by atoms with Crippen molar-refractivity contribution in [2.75, 3.05) is 41.2 Å². The van der Waals surface area contributed by atoms with Crippen molar-refractivity contribution in [1.82, 2.24) is 0 Å². The summed E-state index contributed by atoms with van der Waals surface area (Å²) in [5.74, 6) is 0. The van der Waals surface area contributed by atoms with Crippen LogP contribution in [-0.4, -0.2) is 58.0 Å². The van der Waals surface area contributed by atoms with Gasteiger partial charge in [0.05, 0.1) is 0 Å². The molecule has 6 nitrogen and oxygen atoms in total. The Morgan fingerprint density at radius 2 is 0.773 bits per heavy atom. The van der Waals surface area contributed by atoms with Gasteiger partial charge in [-0.1, -0.05) is 0 Å². The molecule has 0 N–H and O–H groups in total. The van der Waals surface area contributed by atoms with Crippen molar-refractivity contribution in [3.05, 3.63) is 0 Å². The molecule has 0 aromatic rings. The monoisotopic (exact) mass is 354 g/mol. The molecule has 0 aliphatic carbocycles. The average Bonchev–Trinajstić information content (AvgIpc) is 2.25. The average molecular weight is 354 g/mol. The third kappa shape index (κ3) is 10.4. The molecule has 0 spiro atoms. The standard InChI is InChI=1S/3C5H11O2.Sc/c3*1-5(2,6)4-7-3;/h3*4H2,1-3H3;/q3*-1;+3. The van der Waals surface area contributed by atoms with Crippen LogP contribution in [0.2, 0.25) is 0 Å². The molecule has 0 rings (SSSR count). The van der Waals surface area contributed by atoms with Gasteiger partial charge < -0.3 is 0 Å². The first-order valence-electron chi connectivity index (χ1n) is 7.47. The Bertz CT molecular complexity index is 259. The normalized spacial score (nSPS) is 13.5. The number of rotatable bonds is 12. The summed E-state index contributed by atoms with van der Waals surface area (Å²) in [6.07, 6.45) is 0. The zero-order valence-electron chi connectivity index (χ0n) is 15.6. The SMILES string of the molecule is COCC(C)(C)[O][Sc]([O]C(C)(C)COC)[O]C(C)(C)COC. The van der Waals surface area contributed by atoms with E-state index in [9.17, 15) is 0 Å². The van der Waals surface area contributed by atoms with E-state index in [1.54, 1.807) is 21.3 Å². The van der Waals surface area contributed by atoms with Crippen LogP contribution in [-0.2, 0) is 45.5 Å². The fraction of sp³-hybridized carbons (Fsp3) is 1.00. The van der Waals surface area contributed by atoms with Crippen LogP contribution >= 0.6 is 0 Å². The molecule has 0 aliphatic rings. The number of ether oxygens (including phenoxy) is 3. The minimum atomic E-state index is -3.00. The molecule has 22 heavy (non-hydrogen) atoms. The summed E-state index contributed by atoms with van der Waals surface area (Å²) >= 11 is -3.00. The first-order valence-corrected chi connectivity index (χ1v) is 9.68. The van der Waals surface area contributed by atoms with Crippen LogP contribution in [0.4, 0.5) is 0 Å². The predicted octanol–water partition coefficient (Wildman–Crippen LogP) is 2.67. The van der Waals surface area contributed by atoms with Gasteiger partial charge >= 0.3 is 145 Å². The molecule has 0 saturated carbocycles. The second-order valence-electron chi connectivity index (χ2n) is 7.22. The first-order chi connectivity index (χ1) is 9.97. The third-order valence-electron chi connectivity index (χ3n) is 2.72. The van der Waals surface area contributed by atoms with Crippen LogP contribution < -0.4 is 0 Å². The molecule has 0 aromatic carbocycles. The molecule has 132 valence electrons. The van der Waals surface area contributed by atoms with Crippen molar-refractivity contribution >= 4 is 0 Å². The molecule has 0 heterocycles. The van der Waals surface area contributed by atoms with Crippen molar-refractivity contribution < 1.29 is 45.5 Å². The number of hydrogen-bond donors (Lipinski definition) is 0. The van der Waals surface area contributed by atoms with Gasteiger partial charge in [-0.05, 0) is 0 Å². The van der Waals surface area contributed by atoms with E-state index in [0.29, 0.717) is 19.8 Å². The van der Waals surface area contributed by atoms with E-state index in [0.717, 1.165) is 0 Å². The molecule has 7 heteroatoms. The Kier molecular flexibility index (Phi) is 10.1. The van der Waals surface area contributed by atoms with Gasteiger partial charge in [-0.25, -0.2) is 0 Å². The summed E-state index contributed by atoms with van der Waals surface area (Å²) in [5, 5.41) is 0. The van der Waals surface area contributed by atoms with E-state index in [4.69, 9.17) is 22.8 Å². The van der Waals surface area contributed by atoms with Crippen molar-refractivity contribution in [3.63, 3.8) is 0 Å². The fourth-order valence-corrected chi connectivity index (χ4v) is 4.98. The molecule has 0 unspecified atom stereocenters. The molecular formula is C15H33O6Sc. The topological polar surface area (TPSA) is 55.4 Å². The van der Waals surface area contributed by atoms with Gasteiger partial charge in [0.1, 0.15) is 0 Å². The van der Waals surface area contributed by atoms with Crippen molar-refractivity contribution in [3.8, 4) is 0 Å². The summed E-state index contributed by atoms with van der Waals surface area (Å²) in [6, 6.07) is 0. The molecule has 0 bridgehead atoms. The molecule has 0 fully saturated rings. The molecule has 0 amide bonds. The third-order valence-corrected chi connectivity index (χ3v) is 6.61. The van der Waals surface area contributed by atoms with Crippen LogP contribution in [0.25, 0.3) is 0 Å². The van der Waals surface area contributed by atoms with Gasteiger partial charge in [-0.15, -0.1) is 0 Å². The van der Waals surface area contributed by atoms with Gasteiger partial charge in [-0.3, -0.25) is 0 Å². The van der Waals surface area contributed by atoms with Gasteiger partial charge in [0.2, 0.25) is 0 Å². The molecule has 0 saturated heterocycles. The van der Waals surface area contributed by atoms with Crippen molar-refractivity contribution in [2.24, 2.45) is 0 Å². The Labute approximate surface area is 145 Å². The summed E-state index contributed by atoms with van der Waals surface area (Å²) in [5.41, 5.74) is -1.40.